The quantitative estimate of drug-likeness (QED) is 0.816. The van der Waals surface area contributed by atoms with Gasteiger partial charge < -0.3 is 19.5 Å². The van der Waals surface area contributed by atoms with Gasteiger partial charge in [0, 0.05) is 19.8 Å². The fraction of sp³-hybridized carbons (Fsp3) is 0.647. The average molecular weight is 293 g/mol. The van der Waals surface area contributed by atoms with Crippen LogP contribution in [0.15, 0.2) is 18.2 Å². The molecule has 2 rings (SSSR count). The number of hydrogen-bond donors (Lipinski definition) is 1. The van der Waals surface area contributed by atoms with Crippen molar-refractivity contribution in [2.75, 3.05) is 32.2 Å². The highest BCUT2D eigenvalue weighted by Crippen LogP contribution is 2.31. The summed E-state index contributed by atoms with van der Waals surface area (Å²) in [5.74, 6) is 0.899. The van der Waals surface area contributed by atoms with Crippen molar-refractivity contribution in [3.63, 3.8) is 0 Å². The van der Waals surface area contributed by atoms with E-state index in [1.165, 1.54) is 5.56 Å². The maximum Gasteiger partial charge on any atom is 0.142 e. The lowest BCUT2D eigenvalue weighted by atomic mass is 9.93. The van der Waals surface area contributed by atoms with E-state index in [-0.39, 0.29) is 5.60 Å². The molecule has 0 spiro atoms. The molecule has 118 valence electrons. The Hall–Kier alpha value is -1.26. The van der Waals surface area contributed by atoms with E-state index in [4.69, 9.17) is 14.2 Å². The lowest BCUT2D eigenvalue weighted by molar-refractivity contribution is -0.0553. The molecule has 1 unspecified atom stereocenters. The summed E-state index contributed by atoms with van der Waals surface area (Å²) in [7, 11) is 1.68. The van der Waals surface area contributed by atoms with Gasteiger partial charge in [-0.15, -0.1) is 0 Å². The lowest BCUT2D eigenvalue weighted by Gasteiger charge is -2.36. The Morgan fingerprint density at radius 3 is 2.86 bits per heavy atom. The van der Waals surface area contributed by atoms with Gasteiger partial charge in [0.2, 0.25) is 0 Å². The van der Waals surface area contributed by atoms with Crippen LogP contribution in [0, 0.1) is 6.92 Å². The predicted molar refractivity (Wildman–Crippen MR) is 85.2 cm³/mol. The van der Waals surface area contributed by atoms with Gasteiger partial charge in [-0.05, 0) is 51.3 Å². The van der Waals surface area contributed by atoms with Crippen LogP contribution in [-0.2, 0) is 9.47 Å². The Morgan fingerprint density at radius 1 is 1.33 bits per heavy atom. The van der Waals surface area contributed by atoms with Crippen LogP contribution in [0.5, 0.6) is 5.75 Å². The Labute approximate surface area is 127 Å². The van der Waals surface area contributed by atoms with E-state index >= 15 is 0 Å². The first-order valence-electron chi connectivity index (χ1n) is 7.63. The van der Waals surface area contributed by atoms with Gasteiger partial charge in [0.1, 0.15) is 12.4 Å². The van der Waals surface area contributed by atoms with Crippen LogP contribution in [0.3, 0.4) is 0 Å². The molecule has 1 aliphatic rings. The third-order valence-corrected chi connectivity index (χ3v) is 3.74. The van der Waals surface area contributed by atoms with Crippen molar-refractivity contribution in [1.29, 1.82) is 0 Å². The Morgan fingerprint density at radius 2 is 2.14 bits per heavy atom. The van der Waals surface area contributed by atoms with Crippen LogP contribution < -0.4 is 10.1 Å². The minimum atomic E-state index is -0.0579. The zero-order chi connectivity index (χ0) is 15.3. The van der Waals surface area contributed by atoms with Crippen molar-refractivity contribution >= 4 is 5.69 Å². The normalized spacial score (nSPS) is 21.0. The zero-order valence-corrected chi connectivity index (χ0v) is 13.6. The molecule has 0 bridgehead atoms. The second-order valence-corrected chi connectivity index (χ2v) is 6.28. The number of hydrogen-bond acceptors (Lipinski definition) is 4. The summed E-state index contributed by atoms with van der Waals surface area (Å²) < 4.78 is 16.7. The largest absolute Gasteiger partial charge is 0.489 e. The van der Waals surface area contributed by atoms with Crippen LogP contribution >= 0.6 is 0 Å². The van der Waals surface area contributed by atoms with Crippen molar-refractivity contribution in [1.82, 2.24) is 0 Å². The summed E-state index contributed by atoms with van der Waals surface area (Å²) >= 11 is 0. The summed E-state index contributed by atoms with van der Waals surface area (Å²) in [4.78, 5) is 0. The van der Waals surface area contributed by atoms with Gasteiger partial charge in [-0.25, -0.2) is 0 Å². The van der Waals surface area contributed by atoms with Crippen molar-refractivity contribution in [3.05, 3.63) is 23.8 Å². The SMILES string of the molecule is COCCOc1cc(C)ccc1NC1CCOC(C)(C)C1. The number of ether oxygens (including phenoxy) is 3. The molecule has 1 saturated heterocycles. The van der Waals surface area contributed by atoms with Gasteiger partial charge in [0.25, 0.3) is 0 Å². The molecule has 1 heterocycles. The number of aryl methyl sites for hydroxylation is 1. The van der Waals surface area contributed by atoms with Crippen LogP contribution in [0.1, 0.15) is 32.3 Å². The predicted octanol–water partition coefficient (Wildman–Crippen LogP) is 3.39. The summed E-state index contributed by atoms with van der Waals surface area (Å²) in [5, 5.41) is 3.61. The zero-order valence-electron chi connectivity index (χ0n) is 13.6. The average Bonchev–Trinajstić information content (AvgIpc) is 2.41. The second-order valence-electron chi connectivity index (χ2n) is 6.28. The number of nitrogens with one attached hydrogen (secondary N) is 1. The van der Waals surface area contributed by atoms with Gasteiger partial charge in [0.15, 0.2) is 0 Å². The molecule has 0 amide bonds. The molecule has 1 fully saturated rings. The van der Waals surface area contributed by atoms with Crippen molar-refractivity contribution in [3.8, 4) is 5.75 Å². The van der Waals surface area contributed by atoms with Crippen molar-refractivity contribution in [2.45, 2.75) is 45.3 Å². The minimum absolute atomic E-state index is 0.0579. The summed E-state index contributed by atoms with van der Waals surface area (Å²) in [6, 6.07) is 6.69. The molecule has 0 aromatic heterocycles. The topological polar surface area (TPSA) is 39.7 Å². The van der Waals surface area contributed by atoms with Crippen LogP contribution in [0.4, 0.5) is 5.69 Å². The highest BCUT2D eigenvalue weighted by Gasteiger charge is 2.29. The number of anilines is 1. The highest BCUT2D eigenvalue weighted by molar-refractivity contribution is 5.58. The first kappa shape index (κ1) is 16.1. The van der Waals surface area contributed by atoms with E-state index in [1.54, 1.807) is 7.11 Å². The van der Waals surface area contributed by atoms with E-state index < -0.39 is 0 Å². The molecule has 0 aliphatic carbocycles. The smallest absolute Gasteiger partial charge is 0.142 e. The molecule has 1 N–H and O–H groups in total. The maximum atomic E-state index is 5.83. The second kappa shape index (κ2) is 7.14. The van der Waals surface area contributed by atoms with E-state index in [0.29, 0.717) is 19.3 Å². The Balaban J connectivity index is 2.04. The van der Waals surface area contributed by atoms with Crippen LogP contribution in [0.25, 0.3) is 0 Å². The molecule has 1 aliphatic heterocycles. The van der Waals surface area contributed by atoms with Crippen molar-refractivity contribution in [2.24, 2.45) is 0 Å². The lowest BCUT2D eigenvalue weighted by Crippen LogP contribution is -2.40. The summed E-state index contributed by atoms with van der Waals surface area (Å²) in [6.07, 6.45) is 2.02. The van der Waals surface area contributed by atoms with Gasteiger partial charge in [-0.1, -0.05) is 6.07 Å². The Kier molecular flexibility index (Phi) is 5.48. The monoisotopic (exact) mass is 293 g/mol. The van der Waals surface area contributed by atoms with E-state index in [2.05, 4.69) is 44.3 Å². The fourth-order valence-electron chi connectivity index (χ4n) is 2.68. The molecule has 1 aromatic carbocycles. The van der Waals surface area contributed by atoms with Gasteiger partial charge >= 0.3 is 0 Å². The Bertz CT molecular complexity index is 459. The molecule has 21 heavy (non-hydrogen) atoms. The van der Waals surface area contributed by atoms with Crippen molar-refractivity contribution < 1.29 is 14.2 Å². The summed E-state index contributed by atoms with van der Waals surface area (Å²) in [5.41, 5.74) is 2.19. The van der Waals surface area contributed by atoms with E-state index in [9.17, 15) is 0 Å². The number of methoxy groups -OCH3 is 1. The van der Waals surface area contributed by atoms with E-state index in [0.717, 1.165) is 30.9 Å². The minimum Gasteiger partial charge on any atom is -0.489 e. The first-order valence-corrected chi connectivity index (χ1v) is 7.63. The molecule has 1 aromatic rings. The summed E-state index contributed by atoms with van der Waals surface area (Å²) in [6.45, 7) is 8.32. The van der Waals surface area contributed by atoms with Gasteiger partial charge in [0.05, 0.1) is 17.9 Å². The fourth-order valence-corrected chi connectivity index (χ4v) is 2.68. The van der Waals surface area contributed by atoms with Crippen LogP contribution in [0.2, 0.25) is 0 Å². The van der Waals surface area contributed by atoms with Crippen LogP contribution in [-0.4, -0.2) is 38.6 Å². The first-order chi connectivity index (χ1) is 10.00. The number of benzene rings is 1. The molecule has 1 atom stereocenters. The maximum absolute atomic E-state index is 5.83. The molecule has 4 heteroatoms. The molecule has 0 radical (unpaired) electrons. The van der Waals surface area contributed by atoms with Gasteiger partial charge in [-0.2, -0.15) is 0 Å². The highest BCUT2D eigenvalue weighted by atomic mass is 16.5. The molecule has 4 nitrogen and oxygen atoms in total. The standard InChI is InChI=1S/C17H27NO3/c1-13-5-6-15(16(11-13)20-10-9-19-4)18-14-7-8-21-17(2,3)12-14/h5-6,11,14,18H,7-10,12H2,1-4H3. The third-order valence-electron chi connectivity index (χ3n) is 3.74. The molecule has 0 saturated carbocycles. The number of rotatable bonds is 6. The molecular formula is C17H27NO3. The third kappa shape index (κ3) is 4.90. The van der Waals surface area contributed by atoms with Gasteiger partial charge in [-0.3, -0.25) is 0 Å². The van der Waals surface area contributed by atoms with E-state index in [1.807, 2.05) is 0 Å². The molecular weight excluding hydrogens is 266 g/mol.